The van der Waals surface area contributed by atoms with E-state index in [0.717, 1.165) is 18.4 Å². The number of hydrogen-bond donors (Lipinski definition) is 0. The van der Waals surface area contributed by atoms with Crippen LogP contribution in [0, 0.1) is 5.92 Å². The van der Waals surface area contributed by atoms with Gasteiger partial charge in [0, 0.05) is 45.0 Å². The van der Waals surface area contributed by atoms with Crippen LogP contribution in [0.1, 0.15) is 18.4 Å². The molecule has 2 rings (SSSR count). The number of piperidine rings is 1. The smallest absolute Gasteiger partial charge is 0.265 e. The molecule has 1 aliphatic heterocycles. The van der Waals surface area contributed by atoms with Crippen LogP contribution in [0.25, 0.3) is 0 Å². The standard InChI is InChI=1S/C13H20ClN3O2S/c1-16(11-13-2-6-15-7-3-13)20(18,19)17-8-4-12(10-14)5-9-17/h2-3,6-7,12H,4-5,8-11H2,1H3. The predicted molar refractivity (Wildman–Crippen MR) is 79.6 cm³/mol. The van der Waals surface area contributed by atoms with Crippen molar-refractivity contribution in [2.45, 2.75) is 19.4 Å². The Kier molecular flexibility index (Phi) is 5.37. The molecule has 0 aliphatic carbocycles. The third-order valence-corrected chi connectivity index (χ3v) is 6.04. The largest absolute Gasteiger partial charge is 0.282 e. The van der Waals surface area contributed by atoms with Crippen LogP contribution in [-0.2, 0) is 16.8 Å². The van der Waals surface area contributed by atoms with Crippen molar-refractivity contribution in [2.24, 2.45) is 5.92 Å². The minimum Gasteiger partial charge on any atom is -0.265 e. The third-order valence-electron chi connectivity index (χ3n) is 3.67. The molecule has 0 saturated carbocycles. The average Bonchev–Trinajstić information content (AvgIpc) is 2.48. The van der Waals surface area contributed by atoms with Crippen LogP contribution in [-0.4, -0.2) is 48.0 Å². The molecule has 1 fully saturated rings. The van der Waals surface area contributed by atoms with Gasteiger partial charge in [-0.1, -0.05) is 0 Å². The lowest BCUT2D eigenvalue weighted by Gasteiger charge is -2.33. The second-order valence-electron chi connectivity index (χ2n) is 5.12. The summed E-state index contributed by atoms with van der Waals surface area (Å²) in [6.45, 7) is 1.47. The minimum atomic E-state index is -3.39. The summed E-state index contributed by atoms with van der Waals surface area (Å²) in [5.74, 6) is 1.05. The number of nitrogens with zero attached hydrogens (tertiary/aromatic N) is 3. The number of aromatic nitrogens is 1. The molecule has 0 aromatic carbocycles. The number of halogens is 1. The summed E-state index contributed by atoms with van der Waals surface area (Å²) >= 11 is 5.83. The molecule has 0 radical (unpaired) electrons. The van der Waals surface area contributed by atoms with Crippen molar-refractivity contribution in [1.82, 2.24) is 13.6 Å². The fourth-order valence-corrected chi connectivity index (χ4v) is 4.01. The lowest BCUT2D eigenvalue weighted by Crippen LogP contribution is -2.45. The Balaban J connectivity index is 1.99. The molecular weight excluding hydrogens is 298 g/mol. The van der Waals surface area contributed by atoms with E-state index in [0.29, 0.717) is 31.4 Å². The fraction of sp³-hybridized carbons (Fsp3) is 0.615. The Hall–Kier alpha value is -0.690. The summed E-state index contributed by atoms with van der Waals surface area (Å²) < 4.78 is 27.9. The molecular formula is C13H20ClN3O2S. The Morgan fingerprint density at radius 1 is 1.35 bits per heavy atom. The van der Waals surface area contributed by atoms with E-state index in [9.17, 15) is 8.42 Å². The van der Waals surface area contributed by atoms with E-state index < -0.39 is 10.2 Å². The Morgan fingerprint density at radius 2 is 1.95 bits per heavy atom. The van der Waals surface area contributed by atoms with Gasteiger partial charge >= 0.3 is 0 Å². The van der Waals surface area contributed by atoms with Crippen LogP contribution >= 0.6 is 11.6 Å². The molecule has 5 nitrogen and oxygen atoms in total. The zero-order valence-corrected chi connectivity index (χ0v) is 13.1. The Labute approximate surface area is 125 Å². The second-order valence-corrected chi connectivity index (χ2v) is 7.46. The first-order chi connectivity index (χ1) is 9.54. The quantitative estimate of drug-likeness (QED) is 0.777. The molecule has 20 heavy (non-hydrogen) atoms. The van der Waals surface area contributed by atoms with Gasteiger partial charge in [-0.25, -0.2) is 0 Å². The van der Waals surface area contributed by atoms with Crippen molar-refractivity contribution in [3.63, 3.8) is 0 Å². The monoisotopic (exact) mass is 317 g/mol. The topological polar surface area (TPSA) is 53.5 Å². The molecule has 0 unspecified atom stereocenters. The molecule has 1 aromatic rings. The molecule has 1 saturated heterocycles. The van der Waals surface area contributed by atoms with Gasteiger partial charge in [-0.3, -0.25) is 4.98 Å². The first-order valence-corrected chi connectivity index (χ1v) is 8.63. The zero-order valence-electron chi connectivity index (χ0n) is 11.6. The van der Waals surface area contributed by atoms with Gasteiger partial charge in [-0.05, 0) is 36.5 Å². The molecule has 112 valence electrons. The summed E-state index contributed by atoms with van der Waals surface area (Å²) in [6.07, 6.45) is 5.02. The summed E-state index contributed by atoms with van der Waals surface area (Å²) in [5.41, 5.74) is 0.932. The number of rotatable bonds is 5. The van der Waals surface area contributed by atoms with Gasteiger partial charge in [0.15, 0.2) is 0 Å². The maximum atomic E-state index is 12.5. The van der Waals surface area contributed by atoms with Crippen molar-refractivity contribution in [3.05, 3.63) is 30.1 Å². The van der Waals surface area contributed by atoms with E-state index in [1.54, 1.807) is 23.7 Å². The molecule has 0 N–H and O–H groups in total. The molecule has 2 heterocycles. The molecule has 1 aromatic heterocycles. The van der Waals surface area contributed by atoms with Crippen molar-refractivity contribution in [1.29, 1.82) is 0 Å². The normalized spacial score (nSPS) is 18.6. The fourth-order valence-electron chi connectivity index (χ4n) is 2.32. The first kappa shape index (κ1) is 15.7. The lowest BCUT2D eigenvalue weighted by molar-refractivity contribution is 0.271. The van der Waals surface area contributed by atoms with E-state index in [2.05, 4.69) is 4.98 Å². The van der Waals surface area contributed by atoms with Gasteiger partial charge in [-0.2, -0.15) is 17.0 Å². The van der Waals surface area contributed by atoms with Crippen molar-refractivity contribution in [2.75, 3.05) is 26.0 Å². The minimum absolute atomic E-state index is 0.361. The average molecular weight is 318 g/mol. The van der Waals surface area contributed by atoms with Crippen molar-refractivity contribution in [3.8, 4) is 0 Å². The van der Waals surface area contributed by atoms with Gasteiger partial charge in [0.2, 0.25) is 0 Å². The van der Waals surface area contributed by atoms with Crippen molar-refractivity contribution < 1.29 is 8.42 Å². The van der Waals surface area contributed by atoms with Crippen molar-refractivity contribution >= 4 is 21.8 Å². The zero-order chi connectivity index (χ0) is 14.6. The highest BCUT2D eigenvalue weighted by atomic mass is 35.5. The van der Waals surface area contributed by atoms with E-state index in [1.807, 2.05) is 12.1 Å². The van der Waals surface area contributed by atoms with Crippen LogP contribution in [0.4, 0.5) is 0 Å². The number of pyridine rings is 1. The maximum absolute atomic E-state index is 12.5. The second kappa shape index (κ2) is 6.85. The van der Waals surface area contributed by atoms with Gasteiger partial charge in [0.05, 0.1) is 0 Å². The van der Waals surface area contributed by atoms with Crippen LogP contribution in [0.5, 0.6) is 0 Å². The van der Waals surface area contributed by atoms with Crippen LogP contribution in [0.2, 0.25) is 0 Å². The maximum Gasteiger partial charge on any atom is 0.282 e. The highest BCUT2D eigenvalue weighted by Gasteiger charge is 2.30. The molecule has 0 spiro atoms. The summed E-state index contributed by atoms with van der Waals surface area (Å²) in [4.78, 5) is 3.93. The van der Waals surface area contributed by atoms with Gasteiger partial charge in [0.25, 0.3) is 10.2 Å². The van der Waals surface area contributed by atoms with Gasteiger partial charge < -0.3 is 0 Å². The summed E-state index contributed by atoms with van der Waals surface area (Å²) in [5, 5.41) is 0. The lowest BCUT2D eigenvalue weighted by atomic mass is 10.0. The molecule has 0 bridgehead atoms. The molecule has 0 amide bonds. The van der Waals surface area contributed by atoms with Crippen LogP contribution in [0.3, 0.4) is 0 Å². The predicted octanol–water partition coefficient (Wildman–Crippen LogP) is 1.71. The number of alkyl halides is 1. The Morgan fingerprint density at radius 3 is 2.50 bits per heavy atom. The molecule has 1 aliphatic rings. The summed E-state index contributed by atoms with van der Waals surface area (Å²) in [7, 11) is -1.77. The van der Waals surface area contributed by atoms with Crippen LogP contribution < -0.4 is 0 Å². The summed E-state index contributed by atoms with van der Waals surface area (Å²) in [6, 6.07) is 3.65. The highest BCUT2D eigenvalue weighted by molar-refractivity contribution is 7.86. The van der Waals surface area contributed by atoms with E-state index in [1.165, 1.54) is 4.31 Å². The van der Waals surface area contributed by atoms with E-state index in [-0.39, 0.29) is 0 Å². The molecule has 7 heteroatoms. The SMILES string of the molecule is CN(Cc1ccncc1)S(=O)(=O)N1CCC(CCl)CC1. The first-order valence-electron chi connectivity index (χ1n) is 6.70. The number of hydrogen-bond acceptors (Lipinski definition) is 3. The highest BCUT2D eigenvalue weighted by Crippen LogP contribution is 2.22. The van der Waals surface area contributed by atoms with E-state index in [4.69, 9.17) is 11.6 Å². The van der Waals surface area contributed by atoms with Gasteiger partial charge in [0.1, 0.15) is 0 Å². The Bertz CT molecular complexity index is 516. The van der Waals surface area contributed by atoms with Crippen LogP contribution in [0.15, 0.2) is 24.5 Å². The van der Waals surface area contributed by atoms with E-state index >= 15 is 0 Å². The van der Waals surface area contributed by atoms with Gasteiger partial charge in [-0.15, -0.1) is 11.6 Å². The third kappa shape index (κ3) is 3.69. The molecule has 0 atom stereocenters.